The van der Waals surface area contributed by atoms with Gasteiger partial charge in [0.05, 0.1) is 22.4 Å². The maximum atomic E-state index is 6.30. The summed E-state index contributed by atoms with van der Waals surface area (Å²) in [6.45, 7) is 8.06. The van der Waals surface area contributed by atoms with Crippen molar-refractivity contribution in [2.75, 3.05) is 6.54 Å². The predicted octanol–water partition coefficient (Wildman–Crippen LogP) is 4.72. The van der Waals surface area contributed by atoms with Crippen LogP contribution in [0.25, 0.3) is 0 Å². The van der Waals surface area contributed by atoms with Gasteiger partial charge in [-0.15, -0.1) is 0 Å². The highest BCUT2D eigenvalue weighted by Gasteiger charge is 2.21. The van der Waals surface area contributed by atoms with Crippen LogP contribution in [0, 0.1) is 6.92 Å². The van der Waals surface area contributed by atoms with Gasteiger partial charge in [-0.2, -0.15) is 5.10 Å². The van der Waals surface area contributed by atoms with Crippen molar-refractivity contribution < 1.29 is 0 Å². The van der Waals surface area contributed by atoms with E-state index in [0.717, 1.165) is 45.8 Å². The molecule has 1 unspecified atom stereocenters. The lowest BCUT2D eigenvalue weighted by Crippen LogP contribution is -2.26. The summed E-state index contributed by atoms with van der Waals surface area (Å²) < 4.78 is 3.04. The number of hydrogen-bond acceptors (Lipinski definition) is 2. The molecule has 1 N–H and O–H groups in total. The van der Waals surface area contributed by atoms with Crippen molar-refractivity contribution in [2.24, 2.45) is 0 Å². The van der Waals surface area contributed by atoms with Gasteiger partial charge in [-0.3, -0.25) is 4.68 Å². The summed E-state index contributed by atoms with van der Waals surface area (Å²) in [5.74, 6) is 0. The van der Waals surface area contributed by atoms with Gasteiger partial charge in [0.1, 0.15) is 0 Å². The van der Waals surface area contributed by atoms with Crippen LogP contribution in [0.15, 0.2) is 28.9 Å². The molecule has 0 saturated heterocycles. The normalized spacial score (nSPS) is 12.6. The SMILES string of the molecule is CCCNC(c1ccc(C)c(Cl)c1)c1c(Br)cnn1CC. The molecule has 1 atom stereocenters. The van der Waals surface area contributed by atoms with Crippen molar-refractivity contribution in [3.63, 3.8) is 0 Å². The number of aryl methyl sites for hydroxylation is 2. The minimum absolute atomic E-state index is 0.0832. The second-order valence-corrected chi connectivity index (χ2v) is 6.35. The van der Waals surface area contributed by atoms with Crippen molar-refractivity contribution in [3.8, 4) is 0 Å². The number of hydrogen-bond donors (Lipinski definition) is 1. The number of halogens is 2. The largest absolute Gasteiger partial charge is 0.305 e. The molecular formula is C16H21BrClN3. The van der Waals surface area contributed by atoms with Gasteiger partial charge in [0.15, 0.2) is 0 Å². The Morgan fingerprint density at radius 2 is 2.14 bits per heavy atom. The summed E-state index contributed by atoms with van der Waals surface area (Å²) in [7, 11) is 0. The number of aromatic nitrogens is 2. The van der Waals surface area contributed by atoms with E-state index in [-0.39, 0.29) is 6.04 Å². The van der Waals surface area contributed by atoms with Gasteiger partial charge in [-0.25, -0.2) is 0 Å². The maximum Gasteiger partial charge on any atom is 0.0760 e. The molecule has 0 aliphatic carbocycles. The summed E-state index contributed by atoms with van der Waals surface area (Å²) in [4.78, 5) is 0. The standard InChI is InChI=1S/C16H21BrClN3/c1-4-8-19-15(12-7-6-11(3)14(18)9-12)16-13(17)10-20-21(16)5-2/h6-7,9-10,15,19H,4-5,8H2,1-3H3. The maximum absolute atomic E-state index is 6.30. The van der Waals surface area contributed by atoms with Crippen LogP contribution >= 0.6 is 27.5 Å². The summed E-state index contributed by atoms with van der Waals surface area (Å²) in [5.41, 5.74) is 3.40. The summed E-state index contributed by atoms with van der Waals surface area (Å²) in [5, 5.41) is 8.83. The number of rotatable bonds is 6. The molecule has 2 rings (SSSR count). The van der Waals surface area contributed by atoms with E-state index in [1.54, 1.807) is 0 Å². The van der Waals surface area contributed by atoms with E-state index >= 15 is 0 Å². The Bertz CT molecular complexity index is 610. The van der Waals surface area contributed by atoms with Crippen LogP contribution in [0.5, 0.6) is 0 Å². The van der Waals surface area contributed by atoms with Gasteiger partial charge >= 0.3 is 0 Å². The van der Waals surface area contributed by atoms with Crippen LogP contribution in [-0.4, -0.2) is 16.3 Å². The van der Waals surface area contributed by atoms with E-state index in [2.05, 4.69) is 52.3 Å². The fourth-order valence-electron chi connectivity index (χ4n) is 2.36. The quantitative estimate of drug-likeness (QED) is 0.797. The van der Waals surface area contributed by atoms with Gasteiger partial charge in [-0.1, -0.05) is 30.7 Å². The second kappa shape index (κ2) is 7.43. The molecule has 0 aliphatic rings. The fourth-order valence-corrected chi connectivity index (χ4v) is 3.07. The average molecular weight is 371 g/mol. The molecule has 1 heterocycles. The Kier molecular flexibility index (Phi) is 5.85. The van der Waals surface area contributed by atoms with E-state index in [9.17, 15) is 0 Å². The topological polar surface area (TPSA) is 29.9 Å². The number of nitrogens with one attached hydrogen (secondary N) is 1. The van der Waals surface area contributed by atoms with Gasteiger partial charge in [0, 0.05) is 11.6 Å². The first kappa shape index (κ1) is 16.5. The van der Waals surface area contributed by atoms with Crippen molar-refractivity contribution >= 4 is 27.5 Å². The van der Waals surface area contributed by atoms with Gasteiger partial charge in [0.2, 0.25) is 0 Å². The lowest BCUT2D eigenvalue weighted by Gasteiger charge is -2.21. The first-order valence-corrected chi connectivity index (χ1v) is 8.46. The first-order valence-electron chi connectivity index (χ1n) is 7.29. The van der Waals surface area contributed by atoms with Crippen LogP contribution in [-0.2, 0) is 6.54 Å². The molecule has 0 fully saturated rings. The van der Waals surface area contributed by atoms with Gasteiger partial charge in [-0.05, 0) is 59.9 Å². The molecule has 0 spiro atoms. The molecule has 0 amide bonds. The third kappa shape index (κ3) is 3.68. The van der Waals surface area contributed by atoms with E-state index in [1.165, 1.54) is 0 Å². The van der Waals surface area contributed by atoms with E-state index in [4.69, 9.17) is 11.6 Å². The van der Waals surface area contributed by atoms with Crippen molar-refractivity contribution in [1.82, 2.24) is 15.1 Å². The van der Waals surface area contributed by atoms with Gasteiger partial charge in [0.25, 0.3) is 0 Å². The van der Waals surface area contributed by atoms with E-state index < -0.39 is 0 Å². The Balaban J connectivity index is 2.46. The third-order valence-electron chi connectivity index (χ3n) is 3.53. The Labute approximate surface area is 139 Å². The molecule has 1 aromatic carbocycles. The average Bonchev–Trinajstić information content (AvgIpc) is 2.84. The van der Waals surface area contributed by atoms with Crippen LogP contribution < -0.4 is 5.32 Å². The minimum atomic E-state index is 0.0832. The smallest absolute Gasteiger partial charge is 0.0760 e. The Morgan fingerprint density at radius 3 is 2.76 bits per heavy atom. The lowest BCUT2D eigenvalue weighted by atomic mass is 10.0. The summed E-state index contributed by atoms with van der Waals surface area (Å²) in [6, 6.07) is 6.33. The van der Waals surface area contributed by atoms with Gasteiger partial charge < -0.3 is 5.32 Å². The number of benzene rings is 1. The number of nitrogens with zero attached hydrogens (tertiary/aromatic N) is 2. The van der Waals surface area contributed by atoms with Crippen molar-refractivity contribution in [2.45, 2.75) is 39.8 Å². The van der Waals surface area contributed by atoms with Crippen LogP contribution in [0.2, 0.25) is 5.02 Å². The molecular weight excluding hydrogens is 350 g/mol. The fraction of sp³-hybridized carbons (Fsp3) is 0.438. The molecule has 0 saturated carbocycles. The Hall–Kier alpha value is -0.840. The van der Waals surface area contributed by atoms with Crippen LogP contribution in [0.4, 0.5) is 0 Å². The van der Waals surface area contributed by atoms with E-state index in [0.29, 0.717) is 0 Å². The highest BCUT2D eigenvalue weighted by Crippen LogP contribution is 2.30. The molecule has 0 aliphatic heterocycles. The van der Waals surface area contributed by atoms with Crippen LogP contribution in [0.1, 0.15) is 43.1 Å². The first-order chi connectivity index (χ1) is 10.1. The second-order valence-electron chi connectivity index (χ2n) is 5.09. The third-order valence-corrected chi connectivity index (χ3v) is 4.55. The van der Waals surface area contributed by atoms with Crippen LogP contribution in [0.3, 0.4) is 0 Å². The van der Waals surface area contributed by atoms with Crippen molar-refractivity contribution in [1.29, 1.82) is 0 Å². The molecule has 3 nitrogen and oxygen atoms in total. The zero-order valence-electron chi connectivity index (χ0n) is 12.7. The summed E-state index contributed by atoms with van der Waals surface area (Å²) in [6.07, 6.45) is 2.93. The zero-order valence-corrected chi connectivity index (χ0v) is 15.0. The summed E-state index contributed by atoms with van der Waals surface area (Å²) >= 11 is 9.93. The molecule has 0 bridgehead atoms. The molecule has 2 aromatic rings. The van der Waals surface area contributed by atoms with E-state index in [1.807, 2.05) is 23.9 Å². The Morgan fingerprint density at radius 1 is 1.38 bits per heavy atom. The van der Waals surface area contributed by atoms with Crippen molar-refractivity contribution in [3.05, 3.63) is 50.7 Å². The molecule has 5 heteroatoms. The highest BCUT2D eigenvalue weighted by molar-refractivity contribution is 9.10. The molecule has 0 radical (unpaired) electrons. The minimum Gasteiger partial charge on any atom is -0.305 e. The molecule has 21 heavy (non-hydrogen) atoms. The zero-order chi connectivity index (χ0) is 15.4. The lowest BCUT2D eigenvalue weighted by molar-refractivity contribution is 0.528. The monoisotopic (exact) mass is 369 g/mol. The highest BCUT2D eigenvalue weighted by atomic mass is 79.9. The molecule has 114 valence electrons. The molecule has 1 aromatic heterocycles. The predicted molar refractivity (Wildman–Crippen MR) is 91.9 cm³/mol.